The normalized spacial score (nSPS) is 12.6. The molecule has 0 heterocycles. The number of ether oxygens (including phenoxy) is 1. The summed E-state index contributed by atoms with van der Waals surface area (Å²) in [5.74, 6) is 0.648. The Kier molecular flexibility index (Phi) is 5.25. The molecule has 1 aromatic rings. The molecule has 0 saturated carbocycles. The molecule has 2 N–H and O–H groups in total. The van der Waals surface area contributed by atoms with Gasteiger partial charge in [-0.3, -0.25) is 0 Å². The van der Waals surface area contributed by atoms with Crippen LogP contribution in [0, 0.1) is 13.8 Å². The van der Waals surface area contributed by atoms with Gasteiger partial charge in [-0.15, -0.1) is 0 Å². The highest BCUT2D eigenvalue weighted by molar-refractivity contribution is 6.32. The van der Waals surface area contributed by atoms with E-state index < -0.39 is 6.10 Å². The SMILES string of the molecule is COc1cc(C)c(Cl)c(C)c1C(O)CCCO. The summed E-state index contributed by atoms with van der Waals surface area (Å²) in [7, 11) is 1.57. The number of hydrogen-bond donors (Lipinski definition) is 2. The Balaban J connectivity index is 3.16. The quantitative estimate of drug-likeness (QED) is 0.854. The lowest BCUT2D eigenvalue weighted by Gasteiger charge is -2.19. The first-order chi connectivity index (χ1) is 8.02. The molecule has 3 nitrogen and oxygen atoms in total. The second-order valence-corrected chi connectivity index (χ2v) is 4.51. The van der Waals surface area contributed by atoms with Gasteiger partial charge in [-0.25, -0.2) is 0 Å². The predicted molar refractivity (Wildman–Crippen MR) is 68.8 cm³/mol. The van der Waals surface area contributed by atoms with E-state index in [0.717, 1.165) is 16.7 Å². The van der Waals surface area contributed by atoms with Crippen molar-refractivity contribution in [2.75, 3.05) is 13.7 Å². The fourth-order valence-corrected chi connectivity index (χ4v) is 2.10. The second-order valence-electron chi connectivity index (χ2n) is 4.13. The highest BCUT2D eigenvalue weighted by Crippen LogP contribution is 2.36. The molecule has 0 aliphatic carbocycles. The lowest BCUT2D eigenvalue weighted by atomic mass is 9.97. The Morgan fingerprint density at radius 2 is 2.06 bits per heavy atom. The van der Waals surface area contributed by atoms with Crippen LogP contribution in [0.4, 0.5) is 0 Å². The molecule has 0 aliphatic heterocycles. The Hall–Kier alpha value is -0.770. The van der Waals surface area contributed by atoms with Gasteiger partial charge in [0.1, 0.15) is 5.75 Å². The van der Waals surface area contributed by atoms with Crippen LogP contribution >= 0.6 is 11.6 Å². The molecule has 1 rings (SSSR count). The van der Waals surface area contributed by atoms with E-state index in [1.807, 2.05) is 19.9 Å². The second kappa shape index (κ2) is 6.24. The summed E-state index contributed by atoms with van der Waals surface area (Å²) in [5.41, 5.74) is 2.49. The molecule has 1 atom stereocenters. The molecular weight excluding hydrogens is 240 g/mol. The zero-order valence-electron chi connectivity index (χ0n) is 10.5. The number of halogens is 1. The van der Waals surface area contributed by atoms with Crippen LogP contribution in [0.3, 0.4) is 0 Å². The first-order valence-electron chi connectivity index (χ1n) is 5.65. The number of aliphatic hydroxyl groups excluding tert-OH is 2. The maximum atomic E-state index is 10.1. The van der Waals surface area contributed by atoms with Crippen LogP contribution in [-0.2, 0) is 0 Å². The van der Waals surface area contributed by atoms with E-state index >= 15 is 0 Å². The monoisotopic (exact) mass is 258 g/mol. The summed E-state index contributed by atoms with van der Waals surface area (Å²) >= 11 is 6.17. The number of benzene rings is 1. The van der Waals surface area contributed by atoms with Crippen LogP contribution < -0.4 is 4.74 Å². The molecule has 0 radical (unpaired) electrons. The van der Waals surface area contributed by atoms with Crippen molar-refractivity contribution in [3.8, 4) is 5.75 Å². The smallest absolute Gasteiger partial charge is 0.125 e. The van der Waals surface area contributed by atoms with Crippen molar-refractivity contribution in [3.63, 3.8) is 0 Å². The summed E-state index contributed by atoms with van der Waals surface area (Å²) < 4.78 is 5.28. The fraction of sp³-hybridized carbons (Fsp3) is 0.538. The van der Waals surface area contributed by atoms with E-state index in [9.17, 15) is 5.11 Å². The lowest BCUT2D eigenvalue weighted by molar-refractivity contribution is 0.148. The van der Waals surface area contributed by atoms with E-state index in [4.69, 9.17) is 21.4 Å². The molecule has 96 valence electrons. The summed E-state index contributed by atoms with van der Waals surface area (Å²) in [5, 5.41) is 19.6. The van der Waals surface area contributed by atoms with Crippen molar-refractivity contribution in [3.05, 3.63) is 27.8 Å². The van der Waals surface area contributed by atoms with Crippen molar-refractivity contribution in [2.45, 2.75) is 32.8 Å². The van der Waals surface area contributed by atoms with Crippen molar-refractivity contribution < 1.29 is 14.9 Å². The number of methoxy groups -OCH3 is 1. The Labute approximate surface area is 107 Å². The van der Waals surface area contributed by atoms with Crippen molar-refractivity contribution in [1.29, 1.82) is 0 Å². The minimum atomic E-state index is -0.657. The van der Waals surface area contributed by atoms with Gasteiger partial charge in [0.05, 0.1) is 13.2 Å². The van der Waals surface area contributed by atoms with E-state index in [2.05, 4.69) is 0 Å². The number of aryl methyl sites for hydroxylation is 1. The first kappa shape index (κ1) is 14.3. The Morgan fingerprint density at radius 3 is 2.59 bits per heavy atom. The number of aliphatic hydroxyl groups is 2. The van der Waals surface area contributed by atoms with E-state index in [0.29, 0.717) is 23.6 Å². The maximum Gasteiger partial charge on any atom is 0.125 e. The molecule has 0 aromatic heterocycles. The van der Waals surface area contributed by atoms with Crippen LogP contribution in [0.2, 0.25) is 5.02 Å². The standard InChI is InChI=1S/C13H19ClO3/c1-8-7-11(17-3)12(9(2)13(8)14)10(16)5-4-6-15/h7,10,15-16H,4-6H2,1-3H3. The minimum absolute atomic E-state index is 0.0675. The van der Waals surface area contributed by atoms with E-state index in [1.54, 1.807) is 7.11 Å². The van der Waals surface area contributed by atoms with Crippen molar-refractivity contribution in [2.24, 2.45) is 0 Å². The molecule has 0 aliphatic rings. The van der Waals surface area contributed by atoms with Gasteiger partial charge in [-0.1, -0.05) is 11.6 Å². The molecule has 4 heteroatoms. The summed E-state index contributed by atoms with van der Waals surface area (Å²) in [6.07, 6.45) is 0.387. The third-order valence-corrected chi connectivity index (χ3v) is 3.46. The van der Waals surface area contributed by atoms with Gasteiger partial charge in [0.25, 0.3) is 0 Å². The Bertz CT molecular complexity index is 391. The van der Waals surface area contributed by atoms with Crippen LogP contribution in [0.25, 0.3) is 0 Å². The number of rotatable bonds is 5. The fourth-order valence-electron chi connectivity index (χ4n) is 1.95. The number of hydrogen-bond acceptors (Lipinski definition) is 3. The van der Waals surface area contributed by atoms with E-state index in [1.165, 1.54) is 0 Å². The molecule has 0 amide bonds. The molecule has 0 fully saturated rings. The first-order valence-corrected chi connectivity index (χ1v) is 6.03. The molecule has 0 spiro atoms. The largest absolute Gasteiger partial charge is 0.496 e. The highest BCUT2D eigenvalue weighted by atomic mass is 35.5. The highest BCUT2D eigenvalue weighted by Gasteiger charge is 2.19. The van der Waals surface area contributed by atoms with Crippen LogP contribution in [0.15, 0.2) is 6.07 Å². The molecule has 0 bridgehead atoms. The minimum Gasteiger partial charge on any atom is -0.496 e. The lowest BCUT2D eigenvalue weighted by Crippen LogP contribution is -2.05. The Morgan fingerprint density at radius 1 is 1.41 bits per heavy atom. The van der Waals surface area contributed by atoms with Crippen molar-refractivity contribution in [1.82, 2.24) is 0 Å². The zero-order valence-corrected chi connectivity index (χ0v) is 11.2. The van der Waals surface area contributed by atoms with Crippen molar-refractivity contribution >= 4 is 11.6 Å². The van der Waals surface area contributed by atoms with Gasteiger partial charge < -0.3 is 14.9 Å². The van der Waals surface area contributed by atoms with Gasteiger partial charge >= 0.3 is 0 Å². The van der Waals surface area contributed by atoms with Gasteiger partial charge in [0, 0.05) is 17.2 Å². The summed E-state index contributed by atoms with van der Waals surface area (Å²) in [6, 6.07) is 1.83. The van der Waals surface area contributed by atoms with Gasteiger partial charge in [0.2, 0.25) is 0 Å². The predicted octanol–water partition coefficient (Wildman–Crippen LogP) is 2.77. The summed E-state index contributed by atoms with van der Waals surface area (Å²) in [4.78, 5) is 0. The summed E-state index contributed by atoms with van der Waals surface area (Å²) in [6.45, 7) is 3.84. The average Bonchev–Trinajstić information content (AvgIpc) is 2.32. The zero-order chi connectivity index (χ0) is 13.0. The molecule has 0 saturated heterocycles. The van der Waals surface area contributed by atoms with Gasteiger partial charge in [-0.2, -0.15) is 0 Å². The van der Waals surface area contributed by atoms with Crippen LogP contribution in [-0.4, -0.2) is 23.9 Å². The molecular formula is C13H19ClO3. The van der Waals surface area contributed by atoms with Gasteiger partial charge in [-0.05, 0) is 43.9 Å². The third-order valence-electron chi connectivity index (χ3n) is 2.88. The topological polar surface area (TPSA) is 49.7 Å². The molecule has 1 unspecified atom stereocenters. The average molecular weight is 259 g/mol. The van der Waals surface area contributed by atoms with Crippen LogP contribution in [0.5, 0.6) is 5.75 Å². The molecule has 1 aromatic carbocycles. The van der Waals surface area contributed by atoms with E-state index in [-0.39, 0.29) is 6.61 Å². The van der Waals surface area contributed by atoms with Crippen LogP contribution in [0.1, 0.15) is 35.6 Å². The maximum absolute atomic E-state index is 10.1. The third kappa shape index (κ3) is 3.12. The molecule has 17 heavy (non-hydrogen) atoms. The van der Waals surface area contributed by atoms with Gasteiger partial charge in [0.15, 0.2) is 0 Å².